The van der Waals surface area contributed by atoms with E-state index in [1.54, 1.807) is 29.8 Å². The monoisotopic (exact) mass is 340 g/mol. The highest BCUT2D eigenvalue weighted by atomic mass is 35.5. The first kappa shape index (κ1) is 16.6. The first-order valence-electron chi connectivity index (χ1n) is 6.75. The average molecular weight is 341 g/mol. The van der Waals surface area contributed by atoms with Gasteiger partial charge in [-0.2, -0.15) is 0 Å². The molecule has 0 saturated carbocycles. The molecule has 0 bridgehead atoms. The van der Waals surface area contributed by atoms with Crippen molar-refractivity contribution in [1.29, 1.82) is 0 Å². The first-order chi connectivity index (χ1) is 10.5. The maximum absolute atomic E-state index is 12.0. The van der Waals surface area contributed by atoms with Crippen LogP contribution in [0.25, 0.3) is 0 Å². The van der Waals surface area contributed by atoms with E-state index in [1.807, 2.05) is 13.8 Å². The lowest BCUT2D eigenvalue weighted by Crippen LogP contribution is -2.29. The molecule has 1 N–H and O–H groups in total. The predicted octanol–water partition coefficient (Wildman–Crippen LogP) is 2.81. The molecule has 6 nitrogen and oxygen atoms in total. The second-order valence-electron chi connectivity index (χ2n) is 4.53. The average Bonchev–Trinajstić information content (AvgIpc) is 2.82. The Bertz CT molecular complexity index is 675. The molecule has 0 atom stereocenters. The largest absolute Gasteiger partial charge is 0.484 e. The quantitative estimate of drug-likeness (QED) is 0.819. The lowest BCUT2D eigenvalue weighted by Gasteiger charge is -2.11. The number of nitrogens with one attached hydrogen (secondary N) is 1. The smallest absolute Gasteiger partial charge is 0.276 e. The number of aryl methyl sites for hydroxylation is 2. The normalized spacial score (nSPS) is 10.5. The predicted molar refractivity (Wildman–Crippen MR) is 87.2 cm³/mol. The van der Waals surface area contributed by atoms with Crippen molar-refractivity contribution >= 4 is 29.3 Å². The molecule has 0 radical (unpaired) electrons. The molecular weight excluding hydrogens is 324 g/mol. The van der Waals surface area contributed by atoms with Gasteiger partial charge >= 0.3 is 0 Å². The van der Waals surface area contributed by atoms with E-state index in [9.17, 15) is 4.79 Å². The molecule has 2 rings (SSSR count). The van der Waals surface area contributed by atoms with Crippen LogP contribution in [0.4, 0.5) is 0 Å². The number of thioether (sulfide) groups is 1. The fraction of sp³-hybridized carbons (Fsp3) is 0.357. The highest BCUT2D eigenvalue weighted by Gasteiger charge is 2.12. The summed E-state index contributed by atoms with van der Waals surface area (Å²) in [6.45, 7) is 5.56. The van der Waals surface area contributed by atoms with Crippen LogP contribution in [0, 0.1) is 13.8 Å². The van der Waals surface area contributed by atoms with Gasteiger partial charge in [-0.05, 0) is 43.4 Å². The second kappa shape index (κ2) is 7.51. The Morgan fingerprint density at radius 1 is 1.41 bits per heavy atom. The van der Waals surface area contributed by atoms with Crippen LogP contribution in [0.2, 0.25) is 5.02 Å². The van der Waals surface area contributed by atoms with Crippen LogP contribution in [0.15, 0.2) is 23.4 Å². The summed E-state index contributed by atoms with van der Waals surface area (Å²) >= 11 is 7.45. The molecule has 1 heterocycles. The zero-order valence-electron chi connectivity index (χ0n) is 12.6. The Morgan fingerprint density at radius 3 is 2.86 bits per heavy atom. The highest BCUT2D eigenvalue weighted by Crippen LogP contribution is 2.21. The molecule has 0 fully saturated rings. The lowest BCUT2D eigenvalue weighted by molar-refractivity contribution is -0.119. The number of carbonyl (C=O) groups excluding carboxylic acids is 1. The third-order valence-corrected chi connectivity index (χ3v) is 4.04. The van der Waals surface area contributed by atoms with Gasteiger partial charge in [0.05, 0.1) is 0 Å². The van der Waals surface area contributed by atoms with E-state index in [2.05, 4.69) is 15.6 Å². The van der Waals surface area contributed by atoms with Crippen molar-refractivity contribution in [1.82, 2.24) is 14.9 Å². The van der Waals surface area contributed by atoms with Gasteiger partial charge in [0.25, 0.3) is 5.91 Å². The Morgan fingerprint density at radius 2 is 2.18 bits per heavy atom. The topological polar surface area (TPSA) is 69.0 Å². The van der Waals surface area contributed by atoms with E-state index in [4.69, 9.17) is 16.3 Å². The minimum atomic E-state index is -0.284. The number of benzene rings is 1. The van der Waals surface area contributed by atoms with Crippen LogP contribution >= 0.6 is 23.4 Å². The summed E-state index contributed by atoms with van der Waals surface area (Å²) in [5, 5.41) is 9.27. The van der Waals surface area contributed by atoms with E-state index in [0.29, 0.717) is 21.8 Å². The Hall–Kier alpha value is -1.73. The highest BCUT2D eigenvalue weighted by molar-refractivity contribution is 7.99. The number of halogens is 1. The third kappa shape index (κ3) is 4.14. The van der Waals surface area contributed by atoms with Crippen molar-refractivity contribution in [2.45, 2.75) is 25.9 Å². The van der Waals surface area contributed by atoms with Crippen LogP contribution in [-0.2, 0) is 4.79 Å². The minimum Gasteiger partial charge on any atom is -0.484 e. The van der Waals surface area contributed by atoms with Crippen molar-refractivity contribution in [3.8, 4) is 5.75 Å². The van der Waals surface area contributed by atoms with Gasteiger partial charge < -0.3 is 4.74 Å². The Kier molecular flexibility index (Phi) is 5.68. The van der Waals surface area contributed by atoms with Gasteiger partial charge in [0.15, 0.2) is 6.61 Å². The maximum Gasteiger partial charge on any atom is 0.276 e. The van der Waals surface area contributed by atoms with Crippen molar-refractivity contribution < 1.29 is 9.53 Å². The SMILES string of the molecule is CCSc1nnc(C)n1NC(=O)COc1ccc(Cl)c(C)c1. The molecule has 8 heteroatoms. The molecule has 0 aliphatic carbocycles. The molecule has 0 aliphatic heterocycles. The molecule has 0 aliphatic rings. The van der Waals surface area contributed by atoms with Gasteiger partial charge in [0, 0.05) is 5.02 Å². The van der Waals surface area contributed by atoms with Gasteiger partial charge in [-0.25, -0.2) is 4.68 Å². The number of nitrogens with zero attached hydrogens (tertiary/aromatic N) is 3. The molecule has 1 amide bonds. The van der Waals surface area contributed by atoms with Gasteiger partial charge in [-0.1, -0.05) is 30.3 Å². The van der Waals surface area contributed by atoms with Gasteiger partial charge in [0.2, 0.25) is 5.16 Å². The molecular formula is C14H17ClN4O2S. The number of amides is 1. The van der Waals surface area contributed by atoms with Crippen LogP contribution in [0.5, 0.6) is 5.75 Å². The van der Waals surface area contributed by atoms with E-state index in [-0.39, 0.29) is 12.5 Å². The van der Waals surface area contributed by atoms with Gasteiger partial charge in [0.1, 0.15) is 11.6 Å². The molecule has 118 valence electrons. The standard InChI is InChI=1S/C14H17ClN4O2S/c1-4-22-14-17-16-10(3)19(14)18-13(20)8-21-11-5-6-12(15)9(2)7-11/h5-7H,4,8H2,1-3H3,(H,18,20). The summed E-state index contributed by atoms with van der Waals surface area (Å²) in [4.78, 5) is 12.0. The third-order valence-electron chi connectivity index (χ3n) is 2.80. The summed E-state index contributed by atoms with van der Waals surface area (Å²) in [7, 11) is 0. The fourth-order valence-corrected chi connectivity index (χ4v) is 2.49. The van der Waals surface area contributed by atoms with Crippen LogP contribution < -0.4 is 10.2 Å². The minimum absolute atomic E-state index is 0.102. The van der Waals surface area contributed by atoms with Crippen molar-refractivity contribution in [2.75, 3.05) is 17.8 Å². The van der Waals surface area contributed by atoms with E-state index in [0.717, 1.165) is 11.3 Å². The summed E-state index contributed by atoms with van der Waals surface area (Å²) in [6.07, 6.45) is 0. The number of hydrogen-bond donors (Lipinski definition) is 1. The van der Waals surface area contributed by atoms with Gasteiger partial charge in [-0.15, -0.1) is 10.2 Å². The van der Waals surface area contributed by atoms with E-state index in [1.165, 1.54) is 11.8 Å². The molecule has 1 aromatic heterocycles. The fourth-order valence-electron chi connectivity index (χ4n) is 1.71. The second-order valence-corrected chi connectivity index (χ2v) is 6.17. The van der Waals surface area contributed by atoms with E-state index < -0.39 is 0 Å². The number of ether oxygens (including phenoxy) is 1. The number of carbonyl (C=O) groups is 1. The van der Waals surface area contributed by atoms with Gasteiger partial charge in [-0.3, -0.25) is 10.2 Å². The maximum atomic E-state index is 12.0. The Balaban J connectivity index is 1.95. The molecule has 2 aromatic rings. The zero-order chi connectivity index (χ0) is 16.1. The summed E-state index contributed by atoms with van der Waals surface area (Å²) in [6, 6.07) is 5.26. The summed E-state index contributed by atoms with van der Waals surface area (Å²) in [5.41, 5.74) is 3.62. The summed E-state index contributed by atoms with van der Waals surface area (Å²) in [5.74, 6) is 1.77. The van der Waals surface area contributed by atoms with Crippen molar-refractivity contribution in [3.05, 3.63) is 34.6 Å². The first-order valence-corrected chi connectivity index (χ1v) is 8.11. The van der Waals surface area contributed by atoms with Crippen molar-refractivity contribution in [3.63, 3.8) is 0 Å². The van der Waals surface area contributed by atoms with Crippen LogP contribution in [0.1, 0.15) is 18.3 Å². The summed E-state index contributed by atoms with van der Waals surface area (Å²) < 4.78 is 7.02. The molecule has 0 unspecified atom stereocenters. The van der Waals surface area contributed by atoms with Crippen LogP contribution in [-0.4, -0.2) is 33.1 Å². The van der Waals surface area contributed by atoms with Crippen molar-refractivity contribution in [2.24, 2.45) is 0 Å². The Labute approximate surface area is 138 Å². The molecule has 0 spiro atoms. The lowest BCUT2D eigenvalue weighted by atomic mass is 10.2. The number of hydrogen-bond acceptors (Lipinski definition) is 5. The molecule has 22 heavy (non-hydrogen) atoms. The van der Waals surface area contributed by atoms with Crippen LogP contribution in [0.3, 0.4) is 0 Å². The number of rotatable bonds is 6. The molecule has 0 saturated heterocycles. The molecule has 1 aromatic carbocycles. The zero-order valence-corrected chi connectivity index (χ0v) is 14.2. The number of aromatic nitrogens is 3. The van der Waals surface area contributed by atoms with E-state index >= 15 is 0 Å².